The van der Waals surface area contributed by atoms with E-state index in [0.29, 0.717) is 6.42 Å². The number of benzene rings is 1. The van der Waals surface area contributed by atoms with Gasteiger partial charge in [0.1, 0.15) is 0 Å². The van der Waals surface area contributed by atoms with Crippen LogP contribution >= 0.6 is 0 Å². The van der Waals surface area contributed by atoms with Gasteiger partial charge in [-0.1, -0.05) is 30.3 Å². The summed E-state index contributed by atoms with van der Waals surface area (Å²) >= 11 is 0. The minimum absolute atomic E-state index is 0.0185. The van der Waals surface area contributed by atoms with Crippen molar-refractivity contribution in [3.05, 3.63) is 35.9 Å². The van der Waals surface area contributed by atoms with Crippen LogP contribution < -0.4 is 5.73 Å². The van der Waals surface area contributed by atoms with Gasteiger partial charge in [0.05, 0.1) is 18.1 Å². The average molecular weight is 332 g/mol. The van der Waals surface area contributed by atoms with Crippen LogP contribution in [0.1, 0.15) is 46.6 Å². The number of hydroxylamine groups is 2. The van der Waals surface area contributed by atoms with E-state index in [1.807, 2.05) is 57.7 Å². The van der Waals surface area contributed by atoms with Crippen molar-refractivity contribution in [2.75, 3.05) is 6.54 Å². The van der Waals surface area contributed by atoms with Crippen molar-refractivity contribution in [3.8, 4) is 0 Å². The van der Waals surface area contributed by atoms with E-state index in [2.05, 4.69) is 12.1 Å². The van der Waals surface area contributed by atoms with Crippen molar-refractivity contribution in [2.45, 2.75) is 70.6 Å². The Morgan fingerprint density at radius 2 is 1.88 bits per heavy atom. The molecule has 5 nitrogen and oxygen atoms in total. The molecule has 2 rings (SSSR count). The molecule has 0 spiro atoms. The fourth-order valence-corrected chi connectivity index (χ4v) is 4.05. The first-order chi connectivity index (χ1) is 11.1. The summed E-state index contributed by atoms with van der Waals surface area (Å²) in [6.07, 6.45) is 1.40. The first-order valence-electron chi connectivity index (χ1n) is 8.64. The first kappa shape index (κ1) is 18.9. The fraction of sp³-hybridized carbons (Fsp3) is 0.632. The van der Waals surface area contributed by atoms with Crippen molar-refractivity contribution in [2.24, 2.45) is 5.73 Å². The number of rotatable bonds is 5. The second-order valence-electron chi connectivity index (χ2n) is 8.02. The topological polar surface area (TPSA) is 69.5 Å². The molecule has 1 fully saturated rings. The molecule has 0 saturated carbocycles. The Morgan fingerprint density at radius 3 is 2.33 bits per heavy atom. The van der Waals surface area contributed by atoms with Gasteiger partial charge in [0, 0.05) is 11.6 Å². The summed E-state index contributed by atoms with van der Waals surface area (Å²) in [5.74, 6) is -0.0948. The van der Waals surface area contributed by atoms with Crippen LogP contribution in [-0.4, -0.2) is 45.6 Å². The lowest BCUT2D eigenvalue weighted by Crippen LogP contribution is -2.58. The number of hydrogen-bond acceptors (Lipinski definition) is 3. The van der Waals surface area contributed by atoms with Gasteiger partial charge in [-0.05, 0) is 53.0 Å². The normalized spacial score (nSPS) is 23.9. The Kier molecular flexibility index (Phi) is 5.37. The highest BCUT2D eigenvalue weighted by Crippen LogP contribution is 2.42. The summed E-state index contributed by atoms with van der Waals surface area (Å²) in [6, 6.07) is 9.93. The van der Waals surface area contributed by atoms with Crippen molar-refractivity contribution >= 4 is 5.91 Å². The van der Waals surface area contributed by atoms with Gasteiger partial charge in [0.15, 0.2) is 0 Å². The zero-order chi connectivity index (χ0) is 18.1. The van der Waals surface area contributed by atoms with E-state index in [0.717, 1.165) is 11.5 Å². The molecule has 133 valence electrons. The Hall–Kier alpha value is -1.43. The molecule has 24 heavy (non-hydrogen) atoms. The molecule has 1 amide bonds. The maximum Gasteiger partial charge on any atom is 0.236 e. The van der Waals surface area contributed by atoms with Gasteiger partial charge >= 0.3 is 0 Å². The van der Waals surface area contributed by atoms with E-state index >= 15 is 0 Å². The third kappa shape index (κ3) is 3.48. The second-order valence-corrected chi connectivity index (χ2v) is 8.02. The zero-order valence-corrected chi connectivity index (χ0v) is 15.5. The molecule has 1 heterocycles. The van der Waals surface area contributed by atoms with Crippen molar-refractivity contribution in [1.29, 1.82) is 0 Å². The lowest BCUT2D eigenvalue weighted by atomic mass is 9.90. The maximum atomic E-state index is 12.7. The van der Waals surface area contributed by atoms with Crippen LogP contribution in [0, 0.1) is 0 Å². The predicted octanol–water partition coefficient (Wildman–Crippen LogP) is 2.38. The van der Waals surface area contributed by atoms with Gasteiger partial charge in [0.25, 0.3) is 0 Å². The standard InChI is InChI=1S/C19H30N3O2/c1-14(11-15-9-7-6-8-10-15)21(17(23)13-20)16-12-18(2,3)22(24)19(16,4)5/h6-10,14,16H,11-13,20H2,1-5H3. The highest BCUT2D eigenvalue weighted by Gasteiger charge is 2.55. The van der Waals surface area contributed by atoms with Crippen LogP contribution in [0.25, 0.3) is 0 Å². The van der Waals surface area contributed by atoms with Gasteiger partial charge in [0.2, 0.25) is 5.91 Å². The summed E-state index contributed by atoms with van der Waals surface area (Å²) in [5.41, 5.74) is 5.72. The van der Waals surface area contributed by atoms with Crippen LogP contribution in [0.4, 0.5) is 0 Å². The zero-order valence-electron chi connectivity index (χ0n) is 15.5. The van der Waals surface area contributed by atoms with E-state index in [1.54, 1.807) is 0 Å². The molecule has 0 aliphatic carbocycles. The fourth-order valence-electron chi connectivity index (χ4n) is 4.05. The smallest absolute Gasteiger partial charge is 0.236 e. The number of amides is 1. The minimum atomic E-state index is -0.640. The maximum absolute atomic E-state index is 12.7. The Bertz CT molecular complexity index is 571. The van der Waals surface area contributed by atoms with Gasteiger partial charge in [-0.25, -0.2) is 0 Å². The summed E-state index contributed by atoms with van der Waals surface area (Å²) in [6.45, 7) is 9.72. The molecule has 1 saturated heterocycles. The monoisotopic (exact) mass is 332 g/mol. The SMILES string of the molecule is CC(Cc1ccccc1)N(C(=O)CN)C1CC(C)(C)N([O])C1(C)C. The van der Waals surface area contributed by atoms with E-state index in [9.17, 15) is 10.0 Å². The van der Waals surface area contributed by atoms with Crippen LogP contribution in [0.3, 0.4) is 0 Å². The van der Waals surface area contributed by atoms with E-state index in [1.165, 1.54) is 5.56 Å². The van der Waals surface area contributed by atoms with Gasteiger partial charge in [-0.3, -0.25) is 4.79 Å². The van der Waals surface area contributed by atoms with Crippen molar-refractivity contribution in [3.63, 3.8) is 0 Å². The Morgan fingerprint density at radius 1 is 1.29 bits per heavy atom. The minimum Gasteiger partial charge on any atom is -0.334 e. The molecule has 5 heteroatoms. The van der Waals surface area contributed by atoms with Crippen LogP contribution in [0.5, 0.6) is 0 Å². The van der Waals surface area contributed by atoms with Crippen LogP contribution in [-0.2, 0) is 16.4 Å². The van der Waals surface area contributed by atoms with Crippen LogP contribution in [0.2, 0.25) is 0 Å². The summed E-state index contributed by atoms with van der Waals surface area (Å²) in [4.78, 5) is 14.5. The number of hydrogen-bond donors (Lipinski definition) is 1. The molecule has 2 N–H and O–H groups in total. The number of carbonyl (C=O) groups excluding carboxylic acids is 1. The third-order valence-electron chi connectivity index (χ3n) is 5.23. The third-order valence-corrected chi connectivity index (χ3v) is 5.23. The molecule has 0 bridgehead atoms. The predicted molar refractivity (Wildman–Crippen MR) is 94.6 cm³/mol. The van der Waals surface area contributed by atoms with E-state index < -0.39 is 11.1 Å². The van der Waals surface area contributed by atoms with E-state index in [4.69, 9.17) is 5.73 Å². The average Bonchev–Trinajstić information content (AvgIpc) is 2.68. The Labute approximate surface area is 145 Å². The summed E-state index contributed by atoms with van der Waals surface area (Å²) in [7, 11) is 0. The lowest BCUT2D eigenvalue weighted by Gasteiger charge is -2.42. The molecule has 1 aliphatic heterocycles. The van der Waals surface area contributed by atoms with Crippen molar-refractivity contribution < 1.29 is 10.0 Å². The molecule has 1 aromatic rings. The summed E-state index contributed by atoms with van der Waals surface area (Å²) < 4.78 is 0. The second kappa shape index (κ2) is 6.82. The number of nitrogens with zero attached hydrogens (tertiary/aromatic N) is 2. The van der Waals surface area contributed by atoms with Gasteiger partial charge in [-0.2, -0.15) is 0 Å². The molecule has 2 unspecified atom stereocenters. The summed E-state index contributed by atoms with van der Waals surface area (Å²) in [5, 5.41) is 13.9. The van der Waals surface area contributed by atoms with Crippen LogP contribution in [0.15, 0.2) is 30.3 Å². The van der Waals surface area contributed by atoms with E-state index in [-0.39, 0.29) is 24.5 Å². The molecule has 2 atom stereocenters. The molecule has 1 aromatic carbocycles. The van der Waals surface area contributed by atoms with Gasteiger partial charge < -0.3 is 10.6 Å². The molecule has 1 aliphatic rings. The largest absolute Gasteiger partial charge is 0.334 e. The number of nitrogens with two attached hydrogens (primary N) is 1. The molecule has 0 aromatic heterocycles. The highest BCUT2D eigenvalue weighted by atomic mass is 16.5. The lowest BCUT2D eigenvalue weighted by molar-refractivity contribution is -0.249. The Balaban J connectivity index is 2.30. The molecular weight excluding hydrogens is 302 g/mol. The highest BCUT2D eigenvalue weighted by molar-refractivity contribution is 5.79. The van der Waals surface area contributed by atoms with Crippen molar-refractivity contribution in [1.82, 2.24) is 9.96 Å². The number of carbonyl (C=O) groups is 1. The van der Waals surface area contributed by atoms with Gasteiger partial charge in [-0.15, -0.1) is 10.3 Å². The quantitative estimate of drug-likeness (QED) is 0.900. The molecular formula is C19H30N3O2. The molecule has 1 radical (unpaired) electrons. The first-order valence-corrected chi connectivity index (χ1v) is 8.64.